The number of esters is 1. The van der Waals surface area contributed by atoms with Crippen molar-refractivity contribution in [1.29, 1.82) is 0 Å². The van der Waals surface area contributed by atoms with Gasteiger partial charge in [0, 0.05) is 13.0 Å². The van der Waals surface area contributed by atoms with Crippen LogP contribution in [0.2, 0.25) is 0 Å². The number of carbonyl (C=O) groups excluding carboxylic acids is 1. The third-order valence-corrected chi connectivity index (χ3v) is 2.77. The number of hydrogen-bond donors (Lipinski definition) is 0. The van der Waals surface area contributed by atoms with Crippen LogP contribution in [0.15, 0.2) is 30.3 Å². The average Bonchev–Trinajstić information content (AvgIpc) is 2.39. The molecule has 1 unspecified atom stereocenters. The lowest BCUT2D eigenvalue weighted by Gasteiger charge is -2.25. The van der Waals surface area contributed by atoms with E-state index in [1.807, 2.05) is 37.3 Å². The molecule has 1 aromatic carbocycles. The normalized spacial score (nSPS) is 14.2. The molecule has 0 bridgehead atoms. The summed E-state index contributed by atoms with van der Waals surface area (Å²) < 4.78 is 11.3. The molecule has 0 amide bonds. The molecule has 0 saturated heterocycles. The Labute approximate surface area is 115 Å². The van der Waals surface area contributed by atoms with Crippen molar-refractivity contribution < 1.29 is 14.3 Å². The van der Waals surface area contributed by atoms with Crippen molar-refractivity contribution in [1.82, 2.24) is 0 Å². The molecule has 19 heavy (non-hydrogen) atoms. The minimum atomic E-state index is -0.284. The fourth-order valence-corrected chi connectivity index (χ4v) is 1.79. The standard InChI is InChI=1S/C16H24O3/c1-5-15(17)19-13(4)16(18-11-12(2)3)14-9-7-6-8-10-14/h6-10,12-13,16H,5,11H2,1-4H3/t13?,16-/m1/s1. The number of carbonyl (C=O) groups is 1. The number of rotatable bonds is 7. The molecule has 1 aromatic rings. The molecule has 0 aromatic heterocycles. The molecule has 0 fully saturated rings. The first-order valence-electron chi connectivity index (χ1n) is 6.90. The van der Waals surface area contributed by atoms with Gasteiger partial charge in [0.25, 0.3) is 0 Å². The lowest BCUT2D eigenvalue weighted by Crippen LogP contribution is -2.25. The Morgan fingerprint density at radius 1 is 1.16 bits per heavy atom. The van der Waals surface area contributed by atoms with Gasteiger partial charge in [-0.05, 0) is 18.4 Å². The molecule has 0 saturated carbocycles. The van der Waals surface area contributed by atoms with Gasteiger partial charge in [0.1, 0.15) is 12.2 Å². The Bertz CT molecular complexity index is 373. The molecule has 3 heteroatoms. The summed E-state index contributed by atoms with van der Waals surface area (Å²) in [7, 11) is 0. The van der Waals surface area contributed by atoms with Gasteiger partial charge in [0.05, 0.1) is 0 Å². The fourth-order valence-electron chi connectivity index (χ4n) is 1.79. The molecule has 0 N–H and O–H groups in total. The van der Waals surface area contributed by atoms with Crippen LogP contribution in [-0.2, 0) is 14.3 Å². The molecule has 106 valence electrons. The zero-order valence-corrected chi connectivity index (χ0v) is 12.3. The predicted molar refractivity (Wildman–Crippen MR) is 75.8 cm³/mol. The zero-order chi connectivity index (χ0) is 14.3. The third-order valence-electron chi connectivity index (χ3n) is 2.77. The molecule has 0 aliphatic carbocycles. The maximum atomic E-state index is 11.4. The van der Waals surface area contributed by atoms with Crippen molar-refractivity contribution in [2.75, 3.05) is 6.61 Å². The van der Waals surface area contributed by atoms with E-state index in [1.54, 1.807) is 6.92 Å². The van der Waals surface area contributed by atoms with Gasteiger partial charge in [0.2, 0.25) is 0 Å². The summed E-state index contributed by atoms with van der Waals surface area (Å²) in [4.78, 5) is 11.4. The van der Waals surface area contributed by atoms with E-state index in [0.29, 0.717) is 18.9 Å². The number of hydrogen-bond acceptors (Lipinski definition) is 3. The van der Waals surface area contributed by atoms with Crippen molar-refractivity contribution in [3.05, 3.63) is 35.9 Å². The van der Waals surface area contributed by atoms with Crippen molar-refractivity contribution in [2.24, 2.45) is 5.92 Å². The summed E-state index contributed by atoms with van der Waals surface area (Å²) in [5.74, 6) is 0.252. The van der Waals surface area contributed by atoms with Crippen LogP contribution in [0.5, 0.6) is 0 Å². The van der Waals surface area contributed by atoms with E-state index in [-0.39, 0.29) is 18.2 Å². The van der Waals surface area contributed by atoms with Gasteiger partial charge in [-0.2, -0.15) is 0 Å². The lowest BCUT2D eigenvalue weighted by atomic mass is 10.0. The van der Waals surface area contributed by atoms with Gasteiger partial charge >= 0.3 is 5.97 Å². The summed E-state index contributed by atoms with van der Waals surface area (Å²) in [5.41, 5.74) is 1.04. The largest absolute Gasteiger partial charge is 0.460 e. The second-order valence-corrected chi connectivity index (χ2v) is 5.11. The van der Waals surface area contributed by atoms with Gasteiger partial charge in [-0.15, -0.1) is 0 Å². The van der Waals surface area contributed by atoms with Crippen LogP contribution in [-0.4, -0.2) is 18.7 Å². The summed E-state index contributed by atoms with van der Waals surface area (Å²) in [6, 6.07) is 9.90. The molecule has 1 rings (SSSR count). The van der Waals surface area contributed by atoms with Crippen LogP contribution in [0.1, 0.15) is 45.8 Å². The molecule has 0 heterocycles. The Balaban J connectivity index is 2.77. The Morgan fingerprint density at radius 2 is 1.79 bits per heavy atom. The highest BCUT2D eigenvalue weighted by molar-refractivity contribution is 5.69. The highest BCUT2D eigenvalue weighted by Gasteiger charge is 2.23. The van der Waals surface area contributed by atoms with E-state index in [4.69, 9.17) is 9.47 Å². The van der Waals surface area contributed by atoms with Gasteiger partial charge in [-0.1, -0.05) is 51.1 Å². The highest BCUT2D eigenvalue weighted by atomic mass is 16.6. The summed E-state index contributed by atoms with van der Waals surface area (Å²) in [5, 5.41) is 0. The van der Waals surface area contributed by atoms with Gasteiger partial charge in [-0.25, -0.2) is 0 Å². The first-order chi connectivity index (χ1) is 9.04. The van der Waals surface area contributed by atoms with E-state index in [9.17, 15) is 4.79 Å². The van der Waals surface area contributed by atoms with E-state index in [2.05, 4.69) is 13.8 Å². The lowest BCUT2D eigenvalue weighted by molar-refractivity contribution is -0.156. The Hall–Kier alpha value is -1.35. The SMILES string of the molecule is CCC(=O)OC(C)[C@@H](OCC(C)C)c1ccccc1. The molecule has 0 aliphatic heterocycles. The molecule has 2 atom stereocenters. The second-order valence-electron chi connectivity index (χ2n) is 5.11. The van der Waals surface area contributed by atoms with Crippen molar-refractivity contribution >= 4 is 5.97 Å². The first-order valence-corrected chi connectivity index (χ1v) is 6.90. The van der Waals surface area contributed by atoms with Crippen LogP contribution < -0.4 is 0 Å². The second kappa shape index (κ2) is 7.95. The van der Waals surface area contributed by atoms with E-state index >= 15 is 0 Å². The highest BCUT2D eigenvalue weighted by Crippen LogP contribution is 2.24. The monoisotopic (exact) mass is 264 g/mol. The van der Waals surface area contributed by atoms with Crippen LogP contribution in [0, 0.1) is 5.92 Å². The van der Waals surface area contributed by atoms with E-state index in [0.717, 1.165) is 5.56 Å². The third kappa shape index (κ3) is 5.43. The number of ether oxygens (including phenoxy) is 2. The molecule has 0 aliphatic rings. The van der Waals surface area contributed by atoms with Crippen LogP contribution in [0.4, 0.5) is 0 Å². The van der Waals surface area contributed by atoms with Crippen molar-refractivity contribution in [3.8, 4) is 0 Å². The maximum absolute atomic E-state index is 11.4. The van der Waals surface area contributed by atoms with Crippen LogP contribution in [0.3, 0.4) is 0 Å². The predicted octanol–water partition coefficient (Wildman–Crippen LogP) is 3.74. The summed E-state index contributed by atoms with van der Waals surface area (Å²) in [6.07, 6.45) is -0.108. The average molecular weight is 264 g/mol. The minimum absolute atomic E-state index is 0.193. The molecule has 3 nitrogen and oxygen atoms in total. The maximum Gasteiger partial charge on any atom is 0.305 e. The van der Waals surface area contributed by atoms with Crippen molar-refractivity contribution in [3.63, 3.8) is 0 Å². The number of benzene rings is 1. The minimum Gasteiger partial charge on any atom is -0.460 e. The van der Waals surface area contributed by atoms with Gasteiger partial charge in [-0.3, -0.25) is 4.79 Å². The molecular formula is C16H24O3. The fraction of sp³-hybridized carbons (Fsp3) is 0.562. The Kier molecular flexibility index (Phi) is 6.57. The smallest absolute Gasteiger partial charge is 0.305 e. The first kappa shape index (κ1) is 15.7. The van der Waals surface area contributed by atoms with Crippen LogP contribution in [0.25, 0.3) is 0 Å². The summed E-state index contributed by atoms with van der Waals surface area (Å²) >= 11 is 0. The van der Waals surface area contributed by atoms with Gasteiger partial charge < -0.3 is 9.47 Å². The molecule has 0 spiro atoms. The topological polar surface area (TPSA) is 35.5 Å². The Morgan fingerprint density at radius 3 is 2.32 bits per heavy atom. The summed E-state index contributed by atoms with van der Waals surface area (Å²) in [6.45, 7) is 8.52. The van der Waals surface area contributed by atoms with Crippen molar-refractivity contribution in [2.45, 2.75) is 46.3 Å². The zero-order valence-electron chi connectivity index (χ0n) is 12.3. The van der Waals surface area contributed by atoms with E-state index < -0.39 is 0 Å². The van der Waals surface area contributed by atoms with E-state index in [1.165, 1.54) is 0 Å². The molecular weight excluding hydrogens is 240 g/mol. The quantitative estimate of drug-likeness (QED) is 0.704. The van der Waals surface area contributed by atoms with Crippen LogP contribution >= 0.6 is 0 Å². The molecule has 0 radical (unpaired) electrons. The van der Waals surface area contributed by atoms with Gasteiger partial charge in [0.15, 0.2) is 0 Å².